The van der Waals surface area contributed by atoms with Crippen molar-refractivity contribution in [2.75, 3.05) is 14.2 Å². The molecule has 0 fully saturated rings. The Morgan fingerprint density at radius 3 is 1.70 bits per heavy atom. The van der Waals surface area contributed by atoms with Gasteiger partial charge in [-0.25, -0.2) is 8.42 Å². The van der Waals surface area contributed by atoms with E-state index < -0.39 is 15.6 Å². The quantitative estimate of drug-likeness (QED) is 0.414. The SMILES string of the molecule is COc1ccc(CN(Cc2ccc(OC)cc2)S(=O)(=O)c2cc(Br)cc(C(C)(C)O)c2)cc1. The van der Waals surface area contributed by atoms with Crippen molar-refractivity contribution < 1.29 is 23.0 Å². The number of methoxy groups -OCH3 is 2. The van der Waals surface area contributed by atoms with Crippen LogP contribution in [0.4, 0.5) is 0 Å². The molecule has 0 bridgehead atoms. The van der Waals surface area contributed by atoms with Crippen molar-refractivity contribution in [2.45, 2.75) is 37.4 Å². The highest BCUT2D eigenvalue weighted by Gasteiger charge is 2.28. The molecule has 0 amide bonds. The lowest BCUT2D eigenvalue weighted by Gasteiger charge is -2.25. The zero-order valence-electron chi connectivity index (χ0n) is 19.1. The highest BCUT2D eigenvalue weighted by atomic mass is 79.9. The first-order valence-electron chi connectivity index (χ1n) is 10.3. The summed E-state index contributed by atoms with van der Waals surface area (Å²) in [5.74, 6) is 1.40. The molecule has 3 aromatic carbocycles. The fourth-order valence-corrected chi connectivity index (χ4v) is 5.44. The highest BCUT2D eigenvalue weighted by molar-refractivity contribution is 9.10. The average molecular weight is 534 g/mol. The minimum absolute atomic E-state index is 0.107. The van der Waals surface area contributed by atoms with Crippen molar-refractivity contribution in [3.05, 3.63) is 87.9 Å². The highest BCUT2D eigenvalue weighted by Crippen LogP contribution is 2.30. The van der Waals surface area contributed by atoms with Gasteiger partial charge in [0.1, 0.15) is 11.5 Å². The number of hydrogen-bond donors (Lipinski definition) is 1. The molecule has 0 unspecified atom stereocenters. The molecule has 33 heavy (non-hydrogen) atoms. The molecule has 0 aliphatic heterocycles. The maximum Gasteiger partial charge on any atom is 0.243 e. The Morgan fingerprint density at radius 1 is 0.848 bits per heavy atom. The lowest BCUT2D eigenvalue weighted by atomic mass is 9.99. The van der Waals surface area contributed by atoms with Gasteiger partial charge in [-0.05, 0) is 73.0 Å². The van der Waals surface area contributed by atoms with Gasteiger partial charge in [-0.1, -0.05) is 40.2 Å². The number of rotatable bonds is 9. The first-order chi connectivity index (χ1) is 15.5. The van der Waals surface area contributed by atoms with Crippen LogP contribution in [0.5, 0.6) is 11.5 Å². The number of halogens is 1. The van der Waals surface area contributed by atoms with E-state index in [1.54, 1.807) is 64.5 Å². The zero-order chi connectivity index (χ0) is 24.2. The maximum absolute atomic E-state index is 13.8. The van der Waals surface area contributed by atoms with Gasteiger partial charge in [0.2, 0.25) is 10.0 Å². The molecule has 0 atom stereocenters. The molecule has 3 rings (SSSR count). The standard InChI is InChI=1S/C25H28BrNO5S/c1-25(2,28)20-13-21(26)15-24(14-20)33(29,30)27(16-18-5-9-22(31-3)10-6-18)17-19-7-11-23(32-4)12-8-19/h5-15,28H,16-17H2,1-4H3. The largest absolute Gasteiger partial charge is 0.497 e. The van der Waals surface area contributed by atoms with Crippen LogP contribution in [0.2, 0.25) is 0 Å². The summed E-state index contributed by atoms with van der Waals surface area (Å²) >= 11 is 3.39. The van der Waals surface area contributed by atoms with E-state index >= 15 is 0 Å². The summed E-state index contributed by atoms with van der Waals surface area (Å²) in [5, 5.41) is 10.5. The molecule has 0 spiro atoms. The van der Waals surface area contributed by atoms with Crippen LogP contribution < -0.4 is 9.47 Å². The van der Waals surface area contributed by atoms with Crippen molar-refractivity contribution in [3.8, 4) is 11.5 Å². The second kappa shape index (κ2) is 10.3. The summed E-state index contributed by atoms with van der Waals surface area (Å²) in [6.07, 6.45) is 0. The lowest BCUT2D eigenvalue weighted by Crippen LogP contribution is -2.30. The zero-order valence-corrected chi connectivity index (χ0v) is 21.5. The van der Waals surface area contributed by atoms with Crippen molar-refractivity contribution in [1.82, 2.24) is 4.31 Å². The van der Waals surface area contributed by atoms with Gasteiger partial charge in [-0.3, -0.25) is 0 Å². The van der Waals surface area contributed by atoms with E-state index in [-0.39, 0.29) is 18.0 Å². The first kappa shape index (κ1) is 25.2. The summed E-state index contributed by atoms with van der Waals surface area (Å²) in [7, 11) is -0.732. The summed E-state index contributed by atoms with van der Waals surface area (Å²) in [6.45, 7) is 3.58. The van der Waals surface area contributed by atoms with Gasteiger partial charge < -0.3 is 14.6 Å². The van der Waals surface area contributed by atoms with Crippen molar-refractivity contribution in [3.63, 3.8) is 0 Å². The van der Waals surface area contributed by atoms with Crippen molar-refractivity contribution in [2.24, 2.45) is 0 Å². The normalized spacial score (nSPS) is 12.1. The van der Waals surface area contributed by atoms with Crippen LogP contribution in [0.3, 0.4) is 0 Å². The third-order valence-electron chi connectivity index (χ3n) is 5.25. The second-order valence-electron chi connectivity index (χ2n) is 8.20. The molecule has 8 heteroatoms. The van der Waals surface area contributed by atoms with E-state index in [2.05, 4.69) is 15.9 Å². The van der Waals surface area contributed by atoms with Crippen LogP contribution in [0, 0.1) is 0 Å². The van der Waals surface area contributed by atoms with Gasteiger partial charge in [0.15, 0.2) is 0 Å². The van der Waals surface area contributed by atoms with E-state index in [1.165, 1.54) is 10.4 Å². The van der Waals surface area contributed by atoms with Gasteiger partial charge in [0, 0.05) is 17.6 Å². The molecular formula is C25H28BrNO5S. The predicted molar refractivity (Wildman–Crippen MR) is 132 cm³/mol. The minimum atomic E-state index is -3.90. The van der Waals surface area contributed by atoms with Crippen LogP contribution in [-0.2, 0) is 28.7 Å². The second-order valence-corrected chi connectivity index (χ2v) is 11.1. The first-order valence-corrected chi connectivity index (χ1v) is 12.6. The van der Waals surface area contributed by atoms with Crippen molar-refractivity contribution >= 4 is 26.0 Å². The third kappa shape index (κ3) is 6.35. The van der Waals surface area contributed by atoms with Gasteiger partial charge >= 0.3 is 0 Å². The Bertz CT molecular complexity index is 1140. The number of ether oxygens (including phenoxy) is 2. The molecule has 0 saturated heterocycles. The van der Waals surface area contributed by atoms with E-state index in [9.17, 15) is 13.5 Å². The molecule has 0 aromatic heterocycles. The van der Waals surface area contributed by atoms with Gasteiger partial charge in [0.25, 0.3) is 0 Å². The monoisotopic (exact) mass is 533 g/mol. The molecule has 0 radical (unpaired) electrons. The summed E-state index contributed by atoms with van der Waals surface area (Å²) < 4.78 is 40.0. The minimum Gasteiger partial charge on any atom is -0.497 e. The summed E-state index contributed by atoms with van der Waals surface area (Å²) in [4.78, 5) is 0.107. The van der Waals surface area contributed by atoms with E-state index in [0.29, 0.717) is 21.5 Å². The van der Waals surface area contributed by atoms with Crippen LogP contribution in [0.25, 0.3) is 0 Å². The van der Waals surface area contributed by atoms with Crippen LogP contribution >= 0.6 is 15.9 Å². The molecule has 6 nitrogen and oxygen atoms in total. The molecular weight excluding hydrogens is 506 g/mol. The Labute approximate surface area is 204 Å². The molecule has 0 heterocycles. The van der Waals surface area contributed by atoms with E-state index in [0.717, 1.165) is 11.1 Å². The smallest absolute Gasteiger partial charge is 0.243 e. The fraction of sp³-hybridized carbons (Fsp3) is 0.280. The molecule has 0 aliphatic carbocycles. The lowest BCUT2D eigenvalue weighted by molar-refractivity contribution is 0.0783. The predicted octanol–water partition coefficient (Wildman–Crippen LogP) is 5.08. The van der Waals surface area contributed by atoms with E-state index in [1.807, 2.05) is 24.3 Å². The molecule has 0 saturated carbocycles. The van der Waals surface area contributed by atoms with Gasteiger partial charge in [-0.15, -0.1) is 0 Å². The Hall–Kier alpha value is -2.39. The topological polar surface area (TPSA) is 76.1 Å². The van der Waals surface area contributed by atoms with Crippen LogP contribution in [-0.4, -0.2) is 32.0 Å². The Balaban J connectivity index is 2.03. The molecule has 0 aliphatic rings. The number of nitrogens with zero attached hydrogens (tertiary/aromatic N) is 1. The number of aliphatic hydroxyl groups is 1. The van der Waals surface area contributed by atoms with E-state index in [4.69, 9.17) is 9.47 Å². The number of sulfonamides is 1. The Kier molecular flexibility index (Phi) is 7.84. The summed E-state index contributed by atoms with van der Waals surface area (Å²) in [5.41, 5.74) is 0.964. The maximum atomic E-state index is 13.8. The average Bonchev–Trinajstić information content (AvgIpc) is 2.78. The molecule has 176 valence electrons. The number of benzene rings is 3. The number of hydrogen-bond acceptors (Lipinski definition) is 5. The third-order valence-corrected chi connectivity index (χ3v) is 7.48. The van der Waals surface area contributed by atoms with Crippen LogP contribution in [0.1, 0.15) is 30.5 Å². The summed E-state index contributed by atoms with van der Waals surface area (Å²) in [6, 6.07) is 19.4. The van der Waals surface area contributed by atoms with Crippen molar-refractivity contribution in [1.29, 1.82) is 0 Å². The van der Waals surface area contributed by atoms with Crippen LogP contribution in [0.15, 0.2) is 76.1 Å². The Morgan fingerprint density at radius 2 is 1.30 bits per heavy atom. The molecule has 3 aromatic rings. The fourth-order valence-electron chi connectivity index (χ4n) is 3.31. The molecule has 1 N–H and O–H groups in total. The van der Waals surface area contributed by atoms with Gasteiger partial charge in [-0.2, -0.15) is 4.31 Å². The van der Waals surface area contributed by atoms with Gasteiger partial charge in [0.05, 0.1) is 24.7 Å².